The maximum Gasteiger partial charge on any atom is 0.309 e. The second-order valence-electron chi connectivity index (χ2n) is 8.66. The molecule has 0 amide bonds. The van der Waals surface area contributed by atoms with Crippen LogP contribution in [0.4, 0.5) is 5.82 Å². The van der Waals surface area contributed by atoms with E-state index in [0.717, 1.165) is 25.0 Å². The Morgan fingerprint density at radius 2 is 1.97 bits per heavy atom. The van der Waals surface area contributed by atoms with Crippen molar-refractivity contribution >= 4 is 34.7 Å². The van der Waals surface area contributed by atoms with E-state index in [9.17, 15) is 20.1 Å². The molecule has 1 unspecified atom stereocenters. The molecule has 1 aliphatic carbocycles. The standard InChI is InChI=1S/C20H32N6O4S/c1-5-8-31-20-22-17(21-11(4)7-6-10(2)3)14-18(23-20)26(25-24-14)13-9-12(19(29)30)15(27)16(13)28/h10-13,15-16,27-28H,5-9H2,1-4H3,(H,29,30)(H,21,22,23)/t11?,12-,13+,15+,16-/m0/s1. The molecule has 0 spiro atoms. The van der Waals surface area contributed by atoms with E-state index in [2.05, 4.69) is 53.3 Å². The zero-order chi connectivity index (χ0) is 22.7. The van der Waals surface area contributed by atoms with Crippen LogP contribution in [0, 0.1) is 11.8 Å². The monoisotopic (exact) mass is 452 g/mol. The Bertz CT molecular complexity index is 907. The molecule has 0 aromatic carbocycles. The summed E-state index contributed by atoms with van der Waals surface area (Å²) in [5.74, 6) is -0.184. The zero-order valence-corrected chi connectivity index (χ0v) is 19.2. The Morgan fingerprint density at radius 3 is 2.58 bits per heavy atom. The summed E-state index contributed by atoms with van der Waals surface area (Å²) in [7, 11) is 0. The van der Waals surface area contributed by atoms with Crippen molar-refractivity contribution in [1.29, 1.82) is 0 Å². The van der Waals surface area contributed by atoms with Gasteiger partial charge >= 0.3 is 5.97 Å². The molecule has 0 radical (unpaired) electrons. The van der Waals surface area contributed by atoms with Crippen molar-refractivity contribution < 1.29 is 20.1 Å². The maximum absolute atomic E-state index is 11.4. The topological polar surface area (TPSA) is 146 Å². The van der Waals surface area contributed by atoms with Crippen molar-refractivity contribution in [2.45, 2.75) is 82.8 Å². The average Bonchev–Trinajstić information content (AvgIpc) is 3.26. The quantitative estimate of drug-likeness (QED) is 0.313. The van der Waals surface area contributed by atoms with Crippen LogP contribution in [0.25, 0.3) is 11.2 Å². The number of nitrogens with one attached hydrogen (secondary N) is 1. The molecule has 0 aliphatic heterocycles. The Hall–Kier alpha value is -1.98. The zero-order valence-electron chi connectivity index (χ0n) is 18.4. The first-order valence-corrected chi connectivity index (χ1v) is 11.8. The van der Waals surface area contributed by atoms with Gasteiger partial charge in [0.25, 0.3) is 0 Å². The van der Waals surface area contributed by atoms with E-state index in [0.29, 0.717) is 28.1 Å². The second-order valence-corrected chi connectivity index (χ2v) is 9.72. The third-order valence-corrected chi connectivity index (χ3v) is 6.63. The minimum absolute atomic E-state index is 0.0467. The summed E-state index contributed by atoms with van der Waals surface area (Å²) < 4.78 is 1.44. The first kappa shape index (κ1) is 23.7. The molecule has 2 aromatic rings. The number of carboxylic acid groups (broad SMARTS) is 1. The maximum atomic E-state index is 11.4. The second kappa shape index (κ2) is 10.1. The lowest BCUT2D eigenvalue weighted by Crippen LogP contribution is -2.32. The number of thioether (sulfide) groups is 1. The molecule has 1 fully saturated rings. The van der Waals surface area contributed by atoms with Crippen LogP contribution in [0.3, 0.4) is 0 Å². The molecule has 1 aliphatic rings. The first-order valence-electron chi connectivity index (χ1n) is 10.8. The molecule has 1 saturated carbocycles. The number of carbonyl (C=O) groups is 1. The lowest BCUT2D eigenvalue weighted by atomic mass is 10.0. The normalized spacial score (nSPS) is 24.7. The van der Waals surface area contributed by atoms with Crippen LogP contribution in [-0.4, -0.2) is 70.3 Å². The highest BCUT2D eigenvalue weighted by atomic mass is 32.2. The molecule has 0 saturated heterocycles. The predicted octanol–water partition coefficient (Wildman–Crippen LogP) is 2.33. The highest BCUT2D eigenvalue weighted by molar-refractivity contribution is 7.99. The van der Waals surface area contributed by atoms with E-state index in [1.54, 1.807) is 0 Å². The molecule has 172 valence electrons. The third-order valence-electron chi connectivity index (χ3n) is 5.58. The van der Waals surface area contributed by atoms with Crippen molar-refractivity contribution in [2.75, 3.05) is 11.1 Å². The van der Waals surface area contributed by atoms with Gasteiger partial charge in [-0.2, -0.15) is 0 Å². The van der Waals surface area contributed by atoms with E-state index in [-0.39, 0.29) is 12.5 Å². The number of carboxylic acids is 1. The smallest absolute Gasteiger partial charge is 0.309 e. The number of anilines is 1. The largest absolute Gasteiger partial charge is 0.481 e. The molecule has 2 heterocycles. The van der Waals surface area contributed by atoms with Crippen LogP contribution in [-0.2, 0) is 4.79 Å². The first-order chi connectivity index (χ1) is 14.7. The number of fused-ring (bicyclic) bond motifs is 1. The molecule has 11 heteroatoms. The number of aromatic nitrogens is 5. The molecular formula is C20H32N6O4S. The average molecular weight is 453 g/mol. The van der Waals surface area contributed by atoms with E-state index >= 15 is 0 Å². The lowest BCUT2D eigenvalue weighted by molar-refractivity contribution is -0.145. The predicted molar refractivity (Wildman–Crippen MR) is 118 cm³/mol. The number of hydrogen-bond donors (Lipinski definition) is 4. The molecule has 2 aromatic heterocycles. The van der Waals surface area contributed by atoms with Gasteiger partial charge in [-0.25, -0.2) is 14.6 Å². The summed E-state index contributed by atoms with van der Waals surface area (Å²) in [4.78, 5) is 20.7. The van der Waals surface area contributed by atoms with Crippen molar-refractivity contribution in [2.24, 2.45) is 11.8 Å². The molecular weight excluding hydrogens is 420 g/mol. The van der Waals surface area contributed by atoms with Gasteiger partial charge in [0.15, 0.2) is 22.1 Å². The summed E-state index contributed by atoms with van der Waals surface area (Å²) in [6.07, 6.45) is 0.425. The van der Waals surface area contributed by atoms with Crippen molar-refractivity contribution in [3.05, 3.63) is 0 Å². The van der Waals surface area contributed by atoms with Crippen molar-refractivity contribution in [1.82, 2.24) is 25.0 Å². The van der Waals surface area contributed by atoms with Gasteiger partial charge in [-0.3, -0.25) is 4.79 Å². The van der Waals surface area contributed by atoms with Crippen molar-refractivity contribution in [3.8, 4) is 0 Å². The number of aliphatic hydroxyl groups is 2. The summed E-state index contributed by atoms with van der Waals surface area (Å²) in [5.41, 5.74) is 0.896. The Kier molecular flexibility index (Phi) is 7.71. The number of aliphatic hydroxyl groups excluding tert-OH is 2. The van der Waals surface area contributed by atoms with Gasteiger partial charge in [-0.1, -0.05) is 37.7 Å². The van der Waals surface area contributed by atoms with Crippen LogP contribution in [0.1, 0.15) is 59.4 Å². The van der Waals surface area contributed by atoms with Gasteiger partial charge in [0.2, 0.25) is 0 Å². The van der Waals surface area contributed by atoms with Gasteiger partial charge < -0.3 is 20.6 Å². The minimum Gasteiger partial charge on any atom is -0.481 e. The summed E-state index contributed by atoms with van der Waals surface area (Å²) in [6, 6.07) is -0.559. The van der Waals surface area contributed by atoms with E-state index in [1.807, 2.05) is 0 Å². The van der Waals surface area contributed by atoms with Crippen LogP contribution in [0.5, 0.6) is 0 Å². The Morgan fingerprint density at radius 1 is 1.23 bits per heavy atom. The Labute approximate surface area is 185 Å². The van der Waals surface area contributed by atoms with E-state index in [4.69, 9.17) is 0 Å². The lowest BCUT2D eigenvalue weighted by Gasteiger charge is -2.18. The fourth-order valence-electron chi connectivity index (χ4n) is 3.78. The summed E-state index contributed by atoms with van der Waals surface area (Å²) in [5, 5.41) is 42.4. The highest BCUT2D eigenvalue weighted by Crippen LogP contribution is 2.37. The number of hydrogen-bond acceptors (Lipinski definition) is 9. The molecule has 3 rings (SSSR count). The van der Waals surface area contributed by atoms with Gasteiger partial charge in [-0.05, 0) is 38.5 Å². The highest BCUT2D eigenvalue weighted by Gasteiger charge is 2.47. The molecule has 31 heavy (non-hydrogen) atoms. The van der Waals surface area contributed by atoms with Gasteiger partial charge in [0.05, 0.1) is 18.1 Å². The van der Waals surface area contributed by atoms with Crippen LogP contribution in [0.2, 0.25) is 0 Å². The fraction of sp³-hybridized carbons (Fsp3) is 0.750. The molecule has 4 N–H and O–H groups in total. The van der Waals surface area contributed by atoms with Crippen LogP contribution >= 0.6 is 11.8 Å². The van der Waals surface area contributed by atoms with Gasteiger partial charge in [-0.15, -0.1) is 5.10 Å². The van der Waals surface area contributed by atoms with Crippen LogP contribution in [0.15, 0.2) is 5.16 Å². The van der Waals surface area contributed by atoms with Crippen molar-refractivity contribution in [3.63, 3.8) is 0 Å². The summed E-state index contributed by atoms with van der Waals surface area (Å²) in [6.45, 7) is 8.54. The van der Waals surface area contributed by atoms with Gasteiger partial charge in [0.1, 0.15) is 6.10 Å². The number of rotatable bonds is 10. The number of aliphatic carboxylic acids is 1. The third kappa shape index (κ3) is 5.27. The Balaban J connectivity index is 1.96. The van der Waals surface area contributed by atoms with E-state index in [1.165, 1.54) is 16.4 Å². The minimum atomic E-state index is -1.37. The summed E-state index contributed by atoms with van der Waals surface area (Å²) >= 11 is 1.52. The fourth-order valence-corrected chi connectivity index (χ4v) is 4.47. The molecule has 10 nitrogen and oxygen atoms in total. The van der Waals surface area contributed by atoms with E-state index < -0.39 is 30.1 Å². The number of nitrogens with zero attached hydrogens (tertiary/aromatic N) is 5. The van der Waals surface area contributed by atoms with Crippen LogP contribution < -0.4 is 5.32 Å². The molecule has 5 atom stereocenters. The SMILES string of the molecule is CCCSc1nc(NC(C)CCC(C)C)c2nnn([C@@H]3C[C@H](C(=O)O)[C@@H](O)[C@H]3O)c2n1. The van der Waals surface area contributed by atoms with Gasteiger partial charge in [0, 0.05) is 11.8 Å². The molecule has 0 bridgehead atoms.